The molecule has 0 spiro atoms. The molecule has 3 rings (SSSR count). The Labute approximate surface area is 183 Å². The number of amides is 1. The van der Waals surface area contributed by atoms with Crippen LogP contribution in [0.3, 0.4) is 0 Å². The standard InChI is InChI=1S/C19H19Cl3N4O3/c1-2-24-5-7-25(8-6-24)17-11-16(15(22)10-18(17)26(28)29)23-19(27)13-9-12(20)3-4-14(13)21/h3-4,9-11H,2,5-8H2,1H3,(H,23,27). The zero-order valence-corrected chi connectivity index (χ0v) is 17.9. The lowest BCUT2D eigenvalue weighted by molar-refractivity contribution is -0.384. The lowest BCUT2D eigenvalue weighted by Crippen LogP contribution is -2.46. The van der Waals surface area contributed by atoms with Gasteiger partial charge in [0, 0.05) is 37.3 Å². The van der Waals surface area contributed by atoms with Crippen molar-refractivity contribution in [1.29, 1.82) is 0 Å². The number of nitrogens with zero attached hydrogens (tertiary/aromatic N) is 3. The third-order valence-corrected chi connectivity index (χ3v) is 5.72. The molecule has 0 unspecified atom stereocenters. The van der Waals surface area contributed by atoms with Crippen LogP contribution in [0.15, 0.2) is 30.3 Å². The fraction of sp³-hybridized carbons (Fsp3) is 0.316. The van der Waals surface area contributed by atoms with Crippen LogP contribution in [0.5, 0.6) is 0 Å². The molecule has 0 aromatic heterocycles. The number of nitro benzene ring substituents is 1. The van der Waals surface area contributed by atoms with E-state index < -0.39 is 10.8 Å². The maximum atomic E-state index is 12.7. The Bertz CT molecular complexity index is 947. The van der Waals surface area contributed by atoms with Crippen LogP contribution in [-0.2, 0) is 0 Å². The number of carbonyl (C=O) groups excluding carboxylic acids is 1. The molecule has 0 radical (unpaired) electrons. The third-order valence-electron chi connectivity index (χ3n) is 4.84. The molecule has 0 atom stereocenters. The van der Waals surface area contributed by atoms with E-state index in [0.29, 0.717) is 23.8 Å². The van der Waals surface area contributed by atoms with Gasteiger partial charge in [-0.2, -0.15) is 0 Å². The molecule has 0 bridgehead atoms. The van der Waals surface area contributed by atoms with E-state index in [4.69, 9.17) is 34.8 Å². The quantitative estimate of drug-likeness (QED) is 0.508. The van der Waals surface area contributed by atoms with Gasteiger partial charge < -0.3 is 15.1 Å². The fourth-order valence-corrected chi connectivity index (χ4v) is 3.79. The van der Waals surface area contributed by atoms with Crippen LogP contribution in [0.25, 0.3) is 0 Å². The van der Waals surface area contributed by atoms with E-state index in [-0.39, 0.29) is 27.0 Å². The van der Waals surface area contributed by atoms with Gasteiger partial charge >= 0.3 is 0 Å². The van der Waals surface area contributed by atoms with Crippen molar-refractivity contribution >= 4 is 57.8 Å². The maximum absolute atomic E-state index is 12.7. The van der Waals surface area contributed by atoms with Gasteiger partial charge in [0.2, 0.25) is 0 Å². The fourth-order valence-electron chi connectivity index (χ4n) is 3.21. The number of likely N-dealkylation sites (N-methyl/N-ethyl adjacent to an activating group) is 1. The normalized spacial score (nSPS) is 14.7. The molecule has 0 aliphatic carbocycles. The Kier molecular flexibility index (Phi) is 6.85. The van der Waals surface area contributed by atoms with Crippen LogP contribution < -0.4 is 10.2 Å². The summed E-state index contributed by atoms with van der Waals surface area (Å²) in [6.07, 6.45) is 0. The first-order valence-corrected chi connectivity index (χ1v) is 10.1. The monoisotopic (exact) mass is 456 g/mol. The van der Waals surface area contributed by atoms with Gasteiger partial charge in [-0.15, -0.1) is 0 Å². The zero-order chi connectivity index (χ0) is 21.1. The summed E-state index contributed by atoms with van der Waals surface area (Å²) in [5.74, 6) is -0.505. The van der Waals surface area contributed by atoms with Crippen molar-refractivity contribution in [3.05, 3.63) is 61.1 Å². The SMILES string of the molecule is CCN1CCN(c2cc(NC(=O)c3cc(Cl)ccc3Cl)c(Cl)cc2[N+](=O)[O-])CC1. The first-order valence-electron chi connectivity index (χ1n) is 9.01. The van der Waals surface area contributed by atoms with Crippen LogP contribution in [0.2, 0.25) is 15.1 Å². The van der Waals surface area contributed by atoms with Gasteiger partial charge in [0.05, 0.1) is 26.2 Å². The lowest BCUT2D eigenvalue weighted by Gasteiger charge is -2.35. The Hall–Kier alpha value is -2.06. The van der Waals surface area contributed by atoms with E-state index in [2.05, 4.69) is 17.1 Å². The van der Waals surface area contributed by atoms with Gasteiger partial charge in [0.25, 0.3) is 11.6 Å². The predicted octanol–water partition coefficient (Wildman–Crippen LogP) is 4.95. The molecule has 1 aliphatic rings. The van der Waals surface area contributed by atoms with Crippen LogP contribution in [-0.4, -0.2) is 48.5 Å². The topological polar surface area (TPSA) is 78.7 Å². The van der Waals surface area contributed by atoms with Crippen molar-refractivity contribution in [2.45, 2.75) is 6.92 Å². The molecule has 1 heterocycles. The summed E-state index contributed by atoms with van der Waals surface area (Å²) in [6, 6.07) is 7.35. The van der Waals surface area contributed by atoms with Gasteiger partial charge in [0.15, 0.2) is 0 Å². The summed E-state index contributed by atoms with van der Waals surface area (Å²) in [5.41, 5.74) is 0.777. The molecule has 7 nitrogen and oxygen atoms in total. The molecule has 1 fully saturated rings. The van der Waals surface area contributed by atoms with Gasteiger partial charge in [0.1, 0.15) is 5.69 Å². The van der Waals surface area contributed by atoms with Crippen molar-refractivity contribution in [2.75, 3.05) is 42.9 Å². The minimum Gasteiger partial charge on any atom is -0.363 e. The second-order valence-electron chi connectivity index (χ2n) is 6.58. The number of rotatable bonds is 5. The Morgan fingerprint density at radius 2 is 1.79 bits per heavy atom. The van der Waals surface area contributed by atoms with Gasteiger partial charge in [-0.25, -0.2) is 0 Å². The molecule has 1 saturated heterocycles. The summed E-state index contributed by atoms with van der Waals surface area (Å²) < 4.78 is 0. The molecule has 2 aromatic rings. The van der Waals surface area contributed by atoms with Crippen molar-refractivity contribution in [1.82, 2.24) is 4.90 Å². The van der Waals surface area contributed by atoms with Crippen LogP contribution in [0.4, 0.5) is 17.1 Å². The number of hydrogen-bond acceptors (Lipinski definition) is 5. The molecule has 10 heteroatoms. The number of nitrogens with one attached hydrogen (secondary N) is 1. The second-order valence-corrected chi connectivity index (χ2v) is 7.83. The molecule has 1 amide bonds. The highest BCUT2D eigenvalue weighted by Gasteiger charge is 2.26. The van der Waals surface area contributed by atoms with Crippen LogP contribution in [0, 0.1) is 10.1 Å². The Morgan fingerprint density at radius 3 is 2.41 bits per heavy atom. The molecular weight excluding hydrogens is 439 g/mol. The average Bonchev–Trinajstić information content (AvgIpc) is 2.70. The van der Waals surface area contributed by atoms with E-state index >= 15 is 0 Å². The summed E-state index contributed by atoms with van der Waals surface area (Å²) in [5, 5.41) is 14.9. The molecule has 1 aliphatic heterocycles. The average molecular weight is 458 g/mol. The number of piperazine rings is 1. The number of hydrogen-bond donors (Lipinski definition) is 1. The van der Waals surface area contributed by atoms with Crippen LogP contribution >= 0.6 is 34.8 Å². The first-order chi connectivity index (χ1) is 13.8. The van der Waals surface area contributed by atoms with Crippen LogP contribution in [0.1, 0.15) is 17.3 Å². The number of carbonyl (C=O) groups is 1. The van der Waals surface area contributed by atoms with Gasteiger partial charge in [-0.3, -0.25) is 14.9 Å². The zero-order valence-electron chi connectivity index (χ0n) is 15.6. The highest BCUT2D eigenvalue weighted by molar-refractivity contribution is 6.37. The van der Waals surface area contributed by atoms with E-state index in [1.807, 2.05) is 4.90 Å². The number of halogens is 3. The van der Waals surface area contributed by atoms with E-state index in [1.54, 1.807) is 12.1 Å². The Morgan fingerprint density at radius 1 is 1.10 bits per heavy atom. The molecule has 29 heavy (non-hydrogen) atoms. The summed E-state index contributed by atoms with van der Waals surface area (Å²) >= 11 is 18.3. The summed E-state index contributed by atoms with van der Waals surface area (Å²) in [4.78, 5) is 28.0. The van der Waals surface area contributed by atoms with E-state index in [1.165, 1.54) is 18.2 Å². The van der Waals surface area contributed by atoms with Crippen molar-refractivity contribution < 1.29 is 9.72 Å². The number of nitro groups is 1. The molecule has 154 valence electrons. The second kappa shape index (κ2) is 9.17. The minimum absolute atomic E-state index is 0.0687. The van der Waals surface area contributed by atoms with Gasteiger partial charge in [-0.05, 0) is 30.8 Å². The molecule has 0 saturated carbocycles. The highest BCUT2D eigenvalue weighted by Crippen LogP contribution is 2.37. The molecular formula is C19H19Cl3N4O3. The smallest absolute Gasteiger partial charge is 0.294 e. The maximum Gasteiger partial charge on any atom is 0.294 e. The molecule has 1 N–H and O–H groups in total. The largest absolute Gasteiger partial charge is 0.363 e. The summed E-state index contributed by atoms with van der Waals surface area (Å²) in [7, 11) is 0. The molecule has 2 aromatic carbocycles. The summed E-state index contributed by atoms with van der Waals surface area (Å²) in [6.45, 7) is 5.90. The lowest BCUT2D eigenvalue weighted by atomic mass is 10.1. The highest BCUT2D eigenvalue weighted by atomic mass is 35.5. The van der Waals surface area contributed by atoms with Crippen molar-refractivity contribution in [3.8, 4) is 0 Å². The third kappa shape index (κ3) is 4.93. The minimum atomic E-state index is -0.505. The van der Waals surface area contributed by atoms with Crippen molar-refractivity contribution in [3.63, 3.8) is 0 Å². The van der Waals surface area contributed by atoms with Gasteiger partial charge in [-0.1, -0.05) is 41.7 Å². The Balaban J connectivity index is 1.92. The predicted molar refractivity (Wildman–Crippen MR) is 117 cm³/mol. The number of anilines is 2. The first kappa shape index (κ1) is 21.6. The van der Waals surface area contributed by atoms with E-state index in [0.717, 1.165) is 19.6 Å². The van der Waals surface area contributed by atoms with E-state index in [9.17, 15) is 14.9 Å². The van der Waals surface area contributed by atoms with Crippen molar-refractivity contribution in [2.24, 2.45) is 0 Å². The number of benzene rings is 2.